The van der Waals surface area contributed by atoms with Gasteiger partial charge in [-0.25, -0.2) is 4.98 Å². The first-order valence-electron chi connectivity index (χ1n) is 8.57. The lowest BCUT2D eigenvalue weighted by Gasteiger charge is -2.37. The third-order valence-electron chi connectivity index (χ3n) is 3.37. The molecule has 0 amide bonds. The Labute approximate surface area is 167 Å². The molecule has 0 saturated carbocycles. The van der Waals surface area contributed by atoms with Crippen LogP contribution in [0.5, 0.6) is 0 Å². The Balaban J connectivity index is 2.33. The molecule has 2 aromatic heterocycles. The summed E-state index contributed by atoms with van der Waals surface area (Å²) < 4.78 is 30.3. The van der Waals surface area contributed by atoms with Gasteiger partial charge in [0.05, 0.1) is 31.2 Å². The zero-order valence-corrected chi connectivity index (χ0v) is 17.9. The molecule has 0 aromatic carbocycles. The summed E-state index contributed by atoms with van der Waals surface area (Å²) in [5.74, 6) is -0.0244. The van der Waals surface area contributed by atoms with Crippen LogP contribution >= 0.6 is 19.2 Å². The van der Waals surface area contributed by atoms with E-state index in [-0.39, 0.29) is 17.6 Å². The summed E-state index contributed by atoms with van der Waals surface area (Å²) in [6, 6.07) is 0. The van der Waals surface area contributed by atoms with Gasteiger partial charge < -0.3 is 34.3 Å². The number of fused-ring (bicyclic) bond motifs is 1. The molecule has 158 valence electrons. The maximum absolute atomic E-state index is 12.2. The molecule has 11 nitrogen and oxygen atoms in total. The van der Waals surface area contributed by atoms with E-state index in [2.05, 4.69) is 15.0 Å². The standard InChI is InChI=1S/C15H25ClN5O6P/c1-8(2)25-15(26-9(3)4,28(22,23)24)27-10(5)6-21-7-18-11-12(16)19-14(17)20-13(11)21/h7-10H,6H2,1-5H3,(H2,17,19,20)(H2,22,23,24). The minimum atomic E-state index is -4.98. The lowest BCUT2D eigenvalue weighted by molar-refractivity contribution is -0.367. The Hall–Kier alpha value is -1.33. The number of nitrogens with zero attached hydrogens (tertiary/aromatic N) is 4. The normalized spacial score (nSPS) is 14.4. The molecule has 0 aliphatic carbocycles. The zero-order valence-electron chi connectivity index (χ0n) is 16.2. The minimum absolute atomic E-state index is 0.0244. The second kappa shape index (κ2) is 8.58. The predicted molar refractivity (Wildman–Crippen MR) is 103 cm³/mol. The SMILES string of the molecule is CC(C)OC(OC(C)C)(OC(C)Cn1cnc2c(Cl)nc(N)nc21)P(=O)(O)O. The van der Waals surface area contributed by atoms with Gasteiger partial charge in [0.25, 0.3) is 0 Å². The third kappa shape index (κ3) is 5.18. The number of nitrogen functional groups attached to an aromatic ring is 1. The Morgan fingerprint density at radius 1 is 1.18 bits per heavy atom. The van der Waals surface area contributed by atoms with Gasteiger partial charge in [0.1, 0.15) is 5.52 Å². The molecular formula is C15H25ClN5O6P. The lowest BCUT2D eigenvalue weighted by atomic mass is 10.4. The maximum atomic E-state index is 12.2. The van der Waals surface area contributed by atoms with Gasteiger partial charge in [0, 0.05) is 0 Å². The van der Waals surface area contributed by atoms with E-state index < -0.39 is 31.6 Å². The summed E-state index contributed by atoms with van der Waals surface area (Å²) in [7, 11) is -4.98. The van der Waals surface area contributed by atoms with Crippen LogP contribution in [0.25, 0.3) is 11.2 Å². The predicted octanol–water partition coefficient (Wildman–Crippen LogP) is 2.11. The third-order valence-corrected chi connectivity index (χ3v) is 4.66. The largest absolute Gasteiger partial charge is 0.415 e. The molecule has 2 heterocycles. The molecule has 0 fully saturated rings. The lowest BCUT2D eigenvalue weighted by Crippen LogP contribution is -2.45. The van der Waals surface area contributed by atoms with Crippen molar-refractivity contribution < 1.29 is 28.6 Å². The summed E-state index contributed by atoms with van der Waals surface area (Å²) in [5.41, 5.74) is 3.80. The van der Waals surface area contributed by atoms with Crippen molar-refractivity contribution in [2.45, 2.75) is 65.2 Å². The number of anilines is 1. The van der Waals surface area contributed by atoms with Crippen LogP contribution < -0.4 is 5.73 Å². The summed E-state index contributed by atoms with van der Waals surface area (Å²) in [5, 5.41) is 0.102. The van der Waals surface area contributed by atoms with Crippen molar-refractivity contribution in [2.24, 2.45) is 0 Å². The minimum Gasteiger partial charge on any atom is -0.368 e. The Morgan fingerprint density at radius 3 is 2.25 bits per heavy atom. The molecule has 1 atom stereocenters. The van der Waals surface area contributed by atoms with Gasteiger partial charge in [0.15, 0.2) is 10.8 Å². The van der Waals surface area contributed by atoms with E-state index in [0.29, 0.717) is 11.2 Å². The van der Waals surface area contributed by atoms with Crippen molar-refractivity contribution in [1.29, 1.82) is 0 Å². The topological polar surface area (TPSA) is 155 Å². The van der Waals surface area contributed by atoms with E-state index in [1.807, 2.05) is 0 Å². The van der Waals surface area contributed by atoms with Crippen molar-refractivity contribution >= 4 is 36.3 Å². The first-order chi connectivity index (χ1) is 12.8. The number of aromatic nitrogens is 4. The number of imidazole rings is 1. The van der Waals surface area contributed by atoms with Gasteiger partial charge in [-0.1, -0.05) is 11.6 Å². The second-order valence-corrected chi connectivity index (χ2v) is 8.77. The van der Waals surface area contributed by atoms with Gasteiger partial charge in [-0.2, -0.15) is 9.97 Å². The number of hydrogen-bond donors (Lipinski definition) is 3. The van der Waals surface area contributed by atoms with E-state index in [1.54, 1.807) is 39.2 Å². The van der Waals surface area contributed by atoms with Crippen molar-refractivity contribution in [3.8, 4) is 0 Å². The van der Waals surface area contributed by atoms with E-state index in [4.69, 9.17) is 31.5 Å². The summed E-state index contributed by atoms with van der Waals surface area (Å²) >= 11 is 6.01. The van der Waals surface area contributed by atoms with Crippen molar-refractivity contribution in [3.63, 3.8) is 0 Å². The van der Waals surface area contributed by atoms with E-state index in [9.17, 15) is 14.4 Å². The highest BCUT2D eigenvalue weighted by Gasteiger charge is 2.54. The van der Waals surface area contributed by atoms with Crippen LogP contribution in [0.15, 0.2) is 6.33 Å². The fourth-order valence-corrected chi connectivity index (χ4v) is 3.75. The Bertz CT molecular complexity index is 860. The Morgan fingerprint density at radius 2 is 1.75 bits per heavy atom. The number of rotatable bonds is 9. The van der Waals surface area contributed by atoms with Crippen LogP contribution in [0.3, 0.4) is 0 Å². The first kappa shape index (κ1) is 23.0. The molecule has 0 aliphatic heterocycles. The van der Waals surface area contributed by atoms with Crippen molar-refractivity contribution in [2.75, 3.05) is 5.73 Å². The summed E-state index contributed by atoms with van der Waals surface area (Å²) in [4.78, 5) is 31.9. The van der Waals surface area contributed by atoms with Crippen molar-refractivity contribution in [1.82, 2.24) is 19.5 Å². The highest BCUT2D eigenvalue weighted by atomic mass is 35.5. The van der Waals surface area contributed by atoms with Crippen LogP contribution in [-0.4, -0.2) is 53.3 Å². The van der Waals surface area contributed by atoms with Crippen LogP contribution in [0.4, 0.5) is 5.95 Å². The number of halogens is 1. The molecule has 28 heavy (non-hydrogen) atoms. The zero-order chi connectivity index (χ0) is 21.3. The molecule has 13 heteroatoms. The highest BCUT2D eigenvalue weighted by Crippen LogP contribution is 2.54. The fourth-order valence-electron chi connectivity index (χ4n) is 2.51. The van der Waals surface area contributed by atoms with Gasteiger partial charge >= 0.3 is 13.3 Å². The van der Waals surface area contributed by atoms with Crippen LogP contribution in [0.1, 0.15) is 34.6 Å². The number of hydrogen-bond acceptors (Lipinski definition) is 8. The maximum Gasteiger partial charge on any atom is 0.415 e. The molecule has 0 radical (unpaired) electrons. The van der Waals surface area contributed by atoms with Crippen molar-refractivity contribution in [3.05, 3.63) is 11.5 Å². The smallest absolute Gasteiger partial charge is 0.368 e. The second-order valence-electron chi connectivity index (χ2n) is 6.77. The monoisotopic (exact) mass is 437 g/mol. The fraction of sp³-hybridized carbons (Fsp3) is 0.667. The molecule has 0 bridgehead atoms. The summed E-state index contributed by atoms with van der Waals surface area (Å²) in [6.45, 7) is 8.20. The van der Waals surface area contributed by atoms with Gasteiger partial charge in [-0.05, 0) is 34.6 Å². The Kier molecular flexibility index (Phi) is 7.03. The highest BCUT2D eigenvalue weighted by molar-refractivity contribution is 7.52. The van der Waals surface area contributed by atoms with Crippen LogP contribution in [0.2, 0.25) is 5.15 Å². The summed E-state index contributed by atoms with van der Waals surface area (Å²) in [6.07, 6.45) is -0.452. The van der Waals surface area contributed by atoms with Gasteiger partial charge in [0.2, 0.25) is 5.95 Å². The average molecular weight is 438 g/mol. The average Bonchev–Trinajstić information content (AvgIpc) is 2.87. The molecule has 4 N–H and O–H groups in total. The molecule has 0 spiro atoms. The van der Waals surface area contributed by atoms with Crippen LogP contribution in [-0.2, 0) is 25.3 Å². The van der Waals surface area contributed by atoms with Crippen LogP contribution in [0, 0.1) is 0 Å². The molecule has 1 unspecified atom stereocenters. The van der Waals surface area contributed by atoms with E-state index in [0.717, 1.165) is 0 Å². The quantitative estimate of drug-likeness (QED) is 0.301. The first-order valence-corrected chi connectivity index (χ1v) is 10.6. The number of ether oxygens (including phenoxy) is 3. The molecular weight excluding hydrogens is 413 g/mol. The molecule has 2 aromatic rings. The number of nitrogens with two attached hydrogens (primary N) is 1. The van der Waals surface area contributed by atoms with E-state index >= 15 is 0 Å². The van der Waals surface area contributed by atoms with Gasteiger partial charge in [-0.15, -0.1) is 0 Å². The molecule has 0 saturated heterocycles. The van der Waals surface area contributed by atoms with E-state index in [1.165, 1.54) is 6.33 Å². The molecule has 0 aliphatic rings. The van der Waals surface area contributed by atoms with Gasteiger partial charge in [-0.3, -0.25) is 4.57 Å². The molecule has 2 rings (SSSR count).